The van der Waals surface area contributed by atoms with Crippen molar-refractivity contribution in [3.8, 4) is 0 Å². The molecule has 0 spiro atoms. The first-order valence-electron chi connectivity index (χ1n) is 6.49. The van der Waals surface area contributed by atoms with Crippen molar-refractivity contribution in [1.29, 1.82) is 0 Å². The minimum absolute atomic E-state index is 0.0215. The molecule has 0 radical (unpaired) electrons. The molecule has 1 aliphatic rings. The highest BCUT2D eigenvalue weighted by Gasteiger charge is 2.20. The average molecular weight is 295 g/mol. The second-order valence-electron chi connectivity index (χ2n) is 5.00. The molecule has 1 aliphatic carbocycles. The Bertz CT molecular complexity index is 600. The second kappa shape index (κ2) is 5.54. The van der Waals surface area contributed by atoms with Crippen LogP contribution in [0, 0.1) is 11.6 Å². The summed E-state index contributed by atoms with van der Waals surface area (Å²) in [5, 5.41) is 7.23. The van der Waals surface area contributed by atoms with Gasteiger partial charge in [-0.3, -0.25) is 4.68 Å². The van der Waals surface area contributed by atoms with Gasteiger partial charge in [-0.2, -0.15) is 5.10 Å². The van der Waals surface area contributed by atoms with Crippen molar-refractivity contribution in [2.45, 2.75) is 35.2 Å². The number of nitrogens with zero attached hydrogens (tertiary/aromatic N) is 2. The van der Waals surface area contributed by atoms with Crippen LogP contribution in [0.25, 0.3) is 0 Å². The van der Waals surface area contributed by atoms with E-state index in [2.05, 4.69) is 10.4 Å². The fourth-order valence-electron chi connectivity index (χ4n) is 1.93. The molecule has 3 rings (SSSR count). The van der Waals surface area contributed by atoms with Gasteiger partial charge >= 0.3 is 0 Å². The molecule has 0 unspecified atom stereocenters. The van der Waals surface area contributed by atoms with Gasteiger partial charge in [-0.15, -0.1) is 0 Å². The Hall–Kier alpha value is -1.40. The molecule has 6 heteroatoms. The summed E-state index contributed by atoms with van der Waals surface area (Å²) < 4.78 is 29.7. The lowest BCUT2D eigenvalue weighted by Crippen LogP contribution is -2.15. The van der Waals surface area contributed by atoms with Crippen LogP contribution in [0.2, 0.25) is 0 Å². The smallest absolute Gasteiger partial charge is 0.140 e. The molecule has 0 bridgehead atoms. The standard InChI is InChI=1S/C14H15F2N3S/c1-19-8-11(7-18-19)20-14-12(15)4-9(5-13(14)16)6-17-10-2-3-10/h4-5,7-8,10,17H,2-3,6H2,1H3. The maximum atomic E-state index is 14.0. The van der Waals surface area contributed by atoms with E-state index in [4.69, 9.17) is 0 Å². The third-order valence-electron chi connectivity index (χ3n) is 3.13. The van der Waals surface area contributed by atoms with E-state index in [0.29, 0.717) is 23.0 Å². The maximum absolute atomic E-state index is 14.0. The monoisotopic (exact) mass is 295 g/mol. The first-order chi connectivity index (χ1) is 9.61. The number of aryl methyl sites for hydroxylation is 1. The van der Waals surface area contributed by atoms with Crippen LogP contribution < -0.4 is 5.32 Å². The first-order valence-corrected chi connectivity index (χ1v) is 7.31. The Balaban J connectivity index is 1.76. The molecule has 2 aromatic rings. The van der Waals surface area contributed by atoms with Gasteiger partial charge in [-0.25, -0.2) is 8.78 Å². The lowest BCUT2D eigenvalue weighted by Gasteiger charge is -2.08. The molecule has 0 atom stereocenters. The Labute approximate surface area is 120 Å². The van der Waals surface area contributed by atoms with E-state index in [1.54, 1.807) is 24.1 Å². The van der Waals surface area contributed by atoms with E-state index < -0.39 is 11.6 Å². The van der Waals surface area contributed by atoms with Crippen LogP contribution in [0.4, 0.5) is 8.78 Å². The Kier molecular flexibility index (Phi) is 3.76. The normalized spacial score (nSPS) is 14.8. The van der Waals surface area contributed by atoms with E-state index in [9.17, 15) is 8.78 Å². The molecule has 20 heavy (non-hydrogen) atoms. The molecule has 1 aromatic carbocycles. The van der Waals surface area contributed by atoms with Crippen LogP contribution in [-0.2, 0) is 13.6 Å². The predicted molar refractivity (Wildman–Crippen MR) is 73.6 cm³/mol. The summed E-state index contributed by atoms with van der Waals surface area (Å²) in [6.45, 7) is 0.510. The fourth-order valence-corrected chi connectivity index (χ4v) is 2.78. The molecule has 1 saturated carbocycles. The lowest BCUT2D eigenvalue weighted by molar-refractivity contribution is 0.534. The predicted octanol–water partition coefficient (Wildman–Crippen LogP) is 3.10. The fraction of sp³-hybridized carbons (Fsp3) is 0.357. The zero-order valence-electron chi connectivity index (χ0n) is 11.1. The molecule has 1 aromatic heterocycles. The molecular weight excluding hydrogens is 280 g/mol. The van der Waals surface area contributed by atoms with E-state index in [-0.39, 0.29) is 4.90 Å². The van der Waals surface area contributed by atoms with Gasteiger partial charge in [0, 0.05) is 25.8 Å². The Morgan fingerprint density at radius 1 is 1.35 bits per heavy atom. The van der Waals surface area contributed by atoms with Gasteiger partial charge in [0.15, 0.2) is 0 Å². The highest BCUT2D eigenvalue weighted by molar-refractivity contribution is 7.99. The van der Waals surface area contributed by atoms with Gasteiger partial charge in [0.2, 0.25) is 0 Å². The quantitative estimate of drug-likeness (QED) is 0.919. The van der Waals surface area contributed by atoms with Crippen LogP contribution in [0.3, 0.4) is 0 Å². The van der Waals surface area contributed by atoms with Crippen LogP contribution in [0.5, 0.6) is 0 Å². The third-order valence-corrected chi connectivity index (χ3v) is 4.17. The Morgan fingerprint density at radius 3 is 2.60 bits per heavy atom. The molecule has 1 heterocycles. The van der Waals surface area contributed by atoms with Gasteiger partial charge < -0.3 is 5.32 Å². The summed E-state index contributed by atoms with van der Waals surface area (Å²) in [6.07, 6.45) is 5.62. The summed E-state index contributed by atoms with van der Waals surface area (Å²) in [5.41, 5.74) is 0.641. The van der Waals surface area contributed by atoms with Crippen LogP contribution in [-0.4, -0.2) is 15.8 Å². The van der Waals surface area contributed by atoms with Crippen LogP contribution in [0.15, 0.2) is 34.3 Å². The van der Waals surface area contributed by atoms with Crippen LogP contribution >= 0.6 is 11.8 Å². The second-order valence-corrected chi connectivity index (χ2v) is 6.08. The SMILES string of the molecule is Cn1cc(Sc2c(F)cc(CNC3CC3)cc2F)cn1. The number of benzene rings is 1. The van der Waals surface area contributed by atoms with Crippen molar-refractivity contribution in [1.82, 2.24) is 15.1 Å². The van der Waals surface area contributed by atoms with Crippen molar-refractivity contribution in [2.24, 2.45) is 7.05 Å². The van der Waals surface area contributed by atoms with Gasteiger partial charge in [0.05, 0.1) is 16.0 Å². The topological polar surface area (TPSA) is 29.9 Å². The molecule has 0 saturated heterocycles. The highest BCUT2D eigenvalue weighted by Crippen LogP contribution is 2.32. The van der Waals surface area contributed by atoms with Gasteiger partial charge in [0.1, 0.15) is 11.6 Å². The minimum atomic E-state index is -0.522. The summed E-state index contributed by atoms with van der Waals surface area (Å²) >= 11 is 1.05. The van der Waals surface area contributed by atoms with E-state index in [1.165, 1.54) is 12.1 Å². The lowest BCUT2D eigenvalue weighted by atomic mass is 10.2. The number of hydrogen-bond acceptors (Lipinski definition) is 3. The molecular formula is C14H15F2N3S. The van der Waals surface area contributed by atoms with E-state index in [1.807, 2.05) is 0 Å². The van der Waals surface area contributed by atoms with Crippen molar-refractivity contribution in [2.75, 3.05) is 0 Å². The Morgan fingerprint density at radius 2 is 2.05 bits per heavy atom. The largest absolute Gasteiger partial charge is 0.310 e. The van der Waals surface area contributed by atoms with Crippen molar-refractivity contribution in [3.05, 3.63) is 41.7 Å². The van der Waals surface area contributed by atoms with Gasteiger partial charge in [-0.1, -0.05) is 11.8 Å². The minimum Gasteiger partial charge on any atom is -0.310 e. The summed E-state index contributed by atoms with van der Waals surface area (Å²) in [7, 11) is 1.77. The van der Waals surface area contributed by atoms with Gasteiger partial charge in [0.25, 0.3) is 0 Å². The number of nitrogens with one attached hydrogen (secondary N) is 1. The maximum Gasteiger partial charge on any atom is 0.140 e. The average Bonchev–Trinajstić information content (AvgIpc) is 3.14. The van der Waals surface area contributed by atoms with E-state index >= 15 is 0 Å². The van der Waals surface area contributed by atoms with Crippen molar-refractivity contribution in [3.63, 3.8) is 0 Å². The van der Waals surface area contributed by atoms with Gasteiger partial charge in [-0.05, 0) is 30.5 Å². The highest BCUT2D eigenvalue weighted by atomic mass is 32.2. The number of hydrogen-bond donors (Lipinski definition) is 1. The molecule has 106 valence electrons. The number of aromatic nitrogens is 2. The summed E-state index contributed by atoms with van der Waals surface area (Å²) in [4.78, 5) is 0.738. The molecule has 1 fully saturated rings. The third kappa shape index (κ3) is 3.19. The van der Waals surface area contributed by atoms with Crippen molar-refractivity contribution >= 4 is 11.8 Å². The zero-order chi connectivity index (χ0) is 14.1. The first kappa shape index (κ1) is 13.6. The number of rotatable bonds is 5. The molecule has 0 aliphatic heterocycles. The zero-order valence-corrected chi connectivity index (χ0v) is 11.9. The summed E-state index contributed by atoms with van der Waals surface area (Å²) in [5.74, 6) is -1.04. The van der Waals surface area contributed by atoms with Crippen LogP contribution in [0.1, 0.15) is 18.4 Å². The molecule has 3 nitrogen and oxygen atoms in total. The summed E-state index contributed by atoms with van der Waals surface area (Å²) in [6, 6.07) is 3.32. The molecule has 1 N–H and O–H groups in total. The van der Waals surface area contributed by atoms with Crippen molar-refractivity contribution < 1.29 is 8.78 Å². The number of halogens is 2. The molecule has 0 amide bonds. The van der Waals surface area contributed by atoms with E-state index in [0.717, 1.165) is 24.6 Å².